The lowest BCUT2D eigenvalue weighted by Crippen LogP contribution is -2.33. The van der Waals surface area contributed by atoms with Crippen molar-refractivity contribution in [2.24, 2.45) is 0 Å². The zero-order chi connectivity index (χ0) is 18.8. The Hall–Kier alpha value is -2.34. The van der Waals surface area contributed by atoms with Gasteiger partial charge < -0.3 is 19.3 Å². The molecule has 1 atom stereocenters. The van der Waals surface area contributed by atoms with Gasteiger partial charge in [0.2, 0.25) is 0 Å². The number of nitrogens with zero attached hydrogens (tertiary/aromatic N) is 2. The smallest absolute Gasteiger partial charge is 0.259 e. The minimum Gasteiger partial charge on any atom is -0.497 e. The average molecular weight is 346 g/mol. The number of aliphatic hydroxyl groups excluding tert-OH is 1. The van der Waals surface area contributed by atoms with E-state index in [1.54, 1.807) is 45.3 Å². The Bertz CT molecular complexity index is 729. The Morgan fingerprint density at radius 3 is 2.44 bits per heavy atom. The minimum absolute atomic E-state index is 0.166. The quantitative estimate of drug-likeness (QED) is 0.900. The highest BCUT2D eigenvalue weighted by Crippen LogP contribution is 2.28. The molecule has 1 N–H and O–H groups in total. The number of amides is 1. The van der Waals surface area contributed by atoms with Crippen LogP contribution in [-0.2, 0) is 5.41 Å². The zero-order valence-corrected chi connectivity index (χ0v) is 15.7. The summed E-state index contributed by atoms with van der Waals surface area (Å²) in [5, 5.41) is 14.5. The lowest BCUT2D eigenvalue weighted by molar-refractivity contribution is 0.0677. The summed E-state index contributed by atoms with van der Waals surface area (Å²) < 4.78 is 10.3. The van der Waals surface area contributed by atoms with Crippen LogP contribution < -0.4 is 4.74 Å². The van der Waals surface area contributed by atoms with E-state index in [4.69, 9.17) is 9.26 Å². The van der Waals surface area contributed by atoms with Crippen molar-refractivity contribution in [2.75, 3.05) is 20.7 Å². The van der Waals surface area contributed by atoms with Gasteiger partial charge in [-0.3, -0.25) is 4.79 Å². The molecule has 1 unspecified atom stereocenters. The second-order valence-corrected chi connectivity index (χ2v) is 7.19. The molecule has 0 fully saturated rings. The number of aryl methyl sites for hydroxylation is 1. The monoisotopic (exact) mass is 346 g/mol. The van der Waals surface area contributed by atoms with Gasteiger partial charge in [0.15, 0.2) is 0 Å². The van der Waals surface area contributed by atoms with Crippen molar-refractivity contribution in [3.8, 4) is 5.75 Å². The predicted octanol–water partition coefficient (Wildman–Crippen LogP) is 3.09. The minimum atomic E-state index is -0.793. The van der Waals surface area contributed by atoms with Crippen LogP contribution in [0.5, 0.6) is 5.75 Å². The van der Waals surface area contributed by atoms with Crippen molar-refractivity contribution in [1.82, 2.24) is 10.1 Å². The first-order valence-corrected chi connectivity index (χ1v) is 8.19. The van der Waals surface area contributed by atoms with Crippen molar-refractivity contribution in [1.29, 1.82) is 0 Å². The van der Waals surface area contributed by atoms with Crippen molar-refractivity contribution in [2.45, 2.75) is 39.2 Å². The summed E-state index contributed by atoms with van der Waals surface area (Å²) >= 11 is 0. The van der Waals surface area contributed by atoms with Gasteiger partial charge >= 0.3 is 0 Å². The van der Waals surface area contributed by atoms with Gasteiger partial charge in [-0.2, -0.15) is 0 Å². The Labute approximate surface area is 148 Å². The standard InChI is InChI=1S/C19H26N2O4/c1-12-16(17(20-25-12)19(2,3)4)18(23)21(5)11-15(22)13-7-9-14(24-6)10-8-13/h7-10,15,22H,11H2,1-6H3. The SMILES string of the molecule is COc1ccc(C(O)CN(C)C(=O)c2c(C(C)(C)C)noc2C)cc1. The maximum Gasteiger partial charge on any atom is 0.259 e. The third-order valence-electron chi connectivity index (χ3n) is 4.08. The van der Waals surface area contributed by atoms with Gasteiger partial charge in [-0.25, -0.2) is 0 Å². The molecule has 0 aliphatic heterocycles. The first-order valence-electron chi connectivity index (χ1n) is 8.19. The van der Waals surface area contributed by atoms with Gasteiger partial charge in [0.1, 0.15) is 22.8 Å². The highest BCUT2D eigenvalue weighted by Gasteiger charge is 2.31. The van der Waals surface area contributed by atoms with Gasteiger partial charge in [0.25, 0.3) is 5.91 Å². The number of carbonyl (C=O) groups is 1. The summed E-state index contributed by atoms with van der Waals surface area (Å²) in [4.78, 5) is 14.3. The number of hydrogen-bond acceptors (Lipinski definition) is 5. The molecule has 0 aliphatic rings. The number of methoxy groups -OCH3 is 1. The fraction of sp³-hybridized carbons (Fsp3) is 0.474. The van der Waals surface area contributed by atoms with E-state index in [-0.39, 0.29) is 17.9 Å². The number of carbonyl (C=O) groups excluding carboxylic acids is 1. The average Bonchev–Trinajstić information content (AvgIpc) is 2.95. The molecule has 2 aromatic rings. The lowest BCUT2D eigenvalue weighted by Gasteiger charge is -2.23. The van der Waals surface area contributed by atoms with E-state index in [1.807, 2.05) is 20.8 Å². The molecular formula is C19H26N2O4. The fourth-order valence-corrected chi connectivity index (χ4v) is 2.60. The number of rotatable bonds is 5. The van der Waals surface area contributed by atoms with Gasteiger partial charge in [0, 0.05) is 12.5 Å². The fourth-order valence-electron chi connectivity index (χ4n) is 2.60. The second kappa shape index (κ2) is 7.27. The molecule has 0 radical (unpaired) electrons. The number of aromatic nitrogens is 1. The van der Waals surface area contributed by atoms with Gasteiger partial charge in [-0.05, 0) is 24.6 Å². The van der Waals surface area contributed by atoms with Crippen LogP contribution in [0, 0.1) is 6.92 Å². The molecular weight excluding hydrogens is 320 g/mol. The number of hydrogen-bond donors (Lipinski definition) is 1. The van der Waals surface area contributed by atoms with Crippen LogP contribution >= 0.6 is 0 Å². The van der Waals surface area contributed by atoms with Crippen molar-refractivity contribution < 1.29 is 19.2 Å². The van der Waals surface area contributed by atoms with E-state index in [0.717, 1.165) is 11.3 Å². The predicted molar refractivity (Wildman–Crippen MR) is 94.9 cm³/mol. The topological polar surface area (TPSA) is 75.8 Å². The molecule has 1 aromatic heterocycles. The molecule has 0 saturated carbocycles. The molecule has 25 heavy (non-hydrogen) atoms. The van der Waals surface area contributed by atoms with Crippen molar-refractivity contribution >= 4 is 5.91 Å². The third-order valence-corrected chi connectivity index (χ3v) is 4.08. The van der Waals surface area contributed by atoms with E-state index in [9.17, 15) is 9.90 Å². The van der Waals surface area contributed by atoms with E-state index in [1.165, 1.54) is 4.90 Å². The van der Waals surface area contributed by atoms with Crippen molar-refractivity contribution in [3.63, 3.8) is 0 Å². The molecule has 1 aromatic carbocycles. The molecule has 0 saturated heterocycles. The highest BCUT2D eigenvalue weighted by molar-refractivity contribution is 5.96. The van der Waals surface area contributed by atoms with E-state index in [0.29, 0.717) is 17.0 Å². The highest BCUT2D eigenvalue weighted by atomic mass is 16.5. The molecule has 1 heterocycles. The summed E-state index contributed by atoms with van der Waals surface area (Å²) in [5.41, 5.74) is 1.51. The summed E-state index contributed by atoms with van der Waals surface area (Å²) in [6.07, 6.45) is -0.793. The maximum absolute atomic E-state index is 12.9. The Morgan fingerprint density at radius 2 is 1.92 bits per heavy atom. The van der Waals surface area contributed by atoms with Crippen LogP contribution in [-0.4, -0.2) is 41.8 Å². The summed E-state index contributed by atoms with van der Waals surface area (Å²) in [7, 11) is 3.25. The molecule has 1 amide bonds. The Morgan fingerprint density at radius 1 is 1.32 bits per heavy atom. The maximum atomic E-state index is 12.9. The number of likely N-dealkylation sites (N-methyl/N-ethyl adjacent to an activating group) is 1. The van der Waals surface area contributed by atoms with Gasteiger partial charge in [-0.15, -0.1) is 0 Å². The normalized spacial score (nSPS) is 12.8. The van der Waals surface area contributed by atoms with E-state index < -0.39 is 6.10 Å². The molecule has 0 aliphatic carbocycles. The first kappa shape index (κ1) is 19.0. The molecule has 6 heteroatoms. The Balaban J connectivity index is 2.16. The van der Waals surface area contributed by atoms with Crippen LogP contribution in [0.15, 0.2) is 28.8 Å². The van der Waals surface area contributed by atoms with Crippen molar-refractivity contribution in [3.05, 3.63) is 46.8 Å². The van der Waals surface area contributed by atoms with Crippen LogP contribution in [0.4, 0.5) is 0 Å². The molecule has 2 rings (SSSR count). The summed E-state index contributed by atoms with van der Waals surface area (Å²) in [6, 6.07) is 7.13. The number of aliphatic hydroxyl groups is 1. The lowest BCUT2D eigenvalue weighted by atomic mass is 9.88. The van der Waals surface area contributed by atoms with Crippen LogP contribution in [0.25, 0.3) is 0 Å². The summed E-state index contributed by atoms with van der Waals surface area (Å²) in [6.45, 7) is 7.83. The number of benzene rings is 1. The molecule has 136 valence electrons. The van der Waals surface area contributed by atoms with Crippen LogP contribution in [0.1, 0.15) is 54.3 Å². The molecule has 0 spiro atoms. The van der Waals surface area contributed by atoms with Crippen LogP contribution in [0.2, 0.25) is 0 Å². The van der Waals surface area contributed by atoms with Crippen LogP contribution in [0.3, 0.4) is 0 Å². The second-order valence-electron chi connectivity index (χ2n) is 7.19. The Kier molecular flexibility index (Phi) is 5.52. The van der Waals surface area contributed by atoms with E-state index >= 15 is 0 Å². The largest absolute Gasteiger partial charge is 0.497 e. The van der Waals surface area contributed by atoms with E-state index in [2.05, 4.69) is 5.16 Å². The van der Waals surface area contributed by atoms with Gasteiger partial charge in [-0.1, -0.05) is 38.1 Å². The number of ether oxygens (including phenoxy) is 1. The first-order chi connectivity index (χ1) is 11.6. The molecule has 0 bridgehead atoms. The zero-order valence-electron chi connectivity index (χ0n) is 15.7. The third kappa shape index (κ3) is 4.20. The summed E-state index contributed by atoms with van der Waals surface area (Å²) in [5.74, 6) is 0.993. The van der Waals surface area contributed by atoms with Gasteiger partial charge in [0.05, 0.1) is 19.8 Å². The molecule has 6 nitrogen and oxygen atoms in total.